The highest BCUT2D eigenvalue weighted by atomic mass is 32.1. The third-order valence-electron chi connectivity index (χ3n) is 3.30. The van der Waals surface area contributed by atoms with E-state index in [2.05, 4.69) is 53.2 Å². The topological polar surface area (TPSA) is 42.2 Å². The highest BCUT2D eigenvalue weighted by Crippen LogP contribution is 2.35. The summed E-state index contributed by atoms with van der Waals surface area (Å²) >= 11 is 1.61. The SMILES string of the molecule is Cc1ccc(N(C)c2ccc3scnc3c2N)cc1. The number of hydrogen-bond donors (Lipinski definition) is 1. The van der Waals surface area contributed by atoms with Crippen molar-refractivity contribution >= 4 is 38.6 Å². The van der Waals surface area contributed by atoms with Gasteiger partial charge < -0.3 is 10.6 Å². The zero-order chi connectivity index (χ0) is 13.4. The van der Waals surface area contributed by atoms with Gasteiger partial charge in [0.15, 0.2) is 0 Å². The number of nitrogens with zero attached hydrogens (tertiary/aromatic N) is 2. The number of rotatable bonds is 2. The van der Waals surface area contributed by atoms with Gasteiger partial charge in [-0.25, -0.2) is 4.98 Å². The van der Waals surface area contributed by atoms with E-state index in [9.17, 15) is 0 Å². The number of thiazole rings is 1. The van der Waals surface area contributed by atoms with Crippen LogP contribution >= 0.6 is 11.3 Å². The molecule has 0 aliphatic carbocycles. The molecule has 0 radical (unpaired) electrons. The largest absolute Gasteiger partial charge is 0.395 e. The molecule has 3 nitrogen and oxygen atoms in total. The maximum absolute atomic E-state index is 6.23. The Morgan fingerprint density at radius 2 is 1.84 bits per heavy atom. The molecule has 0 bridgehead atoms. The Labute approximate surface area is 116 Å². The molecule has 2 N–H and O–H groups in total. The van der Waals surface area contributed by atoms with Gasteiger partial charge >= 0.3 is 0 Å². The lowest BCUT2D eigenvalue weighted by Gasteiger charge is -2.21. The zero-order valence-corrected chi connectivity index (χ0v) is 11.7. The van der Waals surface area contributed by atoms with Gasteiger partial charge in [-0.2, -0.15) is 0 Å². The molecule has 0 saturated heterocycles. The monoisotopic (exact) mass is 269 g/mol. The fourth-order valence-electron chi connectivity index (χ4n) is 2.14. The molecule has 0 saturated carbocycles. The smallest absolute Gasteiger partial charge is 0.106 e. The van der Waals surface area contributed by atoms with E-state index in [-0.39, 0.29) is 0 Å². The molecule has 19 heavy (non-hydrogen) atoms. The van der Waals surface area contributed by atoms with Crippen molar-refractivity contribution in [2.45, 2.75) is 6.92 Å². The molecule has 0 atom stereocenters. The number of aromatic nitrogens is 1. The predicted octanol–water partition coefficient (Wildman–Crippen LogP) is 3.95. The molecule has 96 valence electrons. The van der Waals surface area contributed by atoms with E-state index in [1.807, 2.05) is 12.6 Å². The van der Waals surface area contributed by atoms with E-state index >= 15 is 0 Å². The number of nitrogens with two attached hydrogens (primary N) is 1. The lowest BCUT2D eigenvalue weighted by atomic mass is 10.2. The summed E-state index contributed by atoms with van der Waals surface area (Å²) in [4.78, 5) is 6.43. The average Bonchev–Trinajstić information content (AvgIpc) is 2.88. The van der Waals surface area contributed by atoms with Crippen molar-refractivity contribution in [1.29, 1.82) is 0 Å². The van der Waals surface area contributed by atoms with Crippen LogP contribution in [0.5, 0.6) is 0 Å². The number of anilines is 3. The van der Waals surface area contributed by atoms with Crippen LogP contribution in [0.1, 0.15) is 5.56 Å². The lowest BCUT2D eigenvalue weighted by Crippen LogP contribution is -2.11. The van der Waals surface area contributed by atoms with Crippen molar-refractivity contribution in [2.75, 3.05) is 17.7 Å². The first-order chi connectivity index (χ1) is 9.16. The van der Waals surface area contributed by atoms with Gasteiger partial charge in [-0.1, -0.05) is 17.7 Å². The van der Waals surface area contributed by atoms with Crippen molar-refractivity contribution < 1.29 is 0 Å². The molecule has 4 heteroatoms. The van der Waals surface area contributed by atoms with Crippen LogP contribution in [0.25, 0.3) is 10.2 Å². The van der Waals surface area contributed by atoms with E-state index < -0.39 is 0 Å². The van der Waals surface area contributed by atoms with Gasteiger partial charge in [-0.15, -0.1) is 11.3 Å². The fourth-order valence-corrected chi connectivity index (χ4v) is 2.83. The Morgan fingerprint density at radius 1 is 1.11 bits per heavy atom. The van der Waals surface area contributed by atoms with Gasteiger partial charge in [0.05, 0.1) is 21.6 Å². The van der Waals surface area contributed by atoms with E-state index in [4.69, 9.17) is 5.73 Å². The summed E-state index contributed by atoms with van der Waals surface area (Å²) in [7, 11) is 2.02. The third kappa shape index (κ3) is 2.04. The molecule has 0 aliphatic rings. The van der Waals surface area contributed by atoms with Crippen LogP contribution in [0.4, 0.5) is 17.1 Å². The molecule has 3 rings (SSSR count). The first kappa shape index (κ1) is 12.0. The second-order valence-corrected chi connectivity index (χ2v) is 5.48. The highest BCUT2D eigenvalue weighted by molar-refractivity contribution is 7.16. The van der Waals surface area contributed by atoms with Crippen molar-refractivity contribution in [3.63, 3.8) is 0 Å². The minimum atomic E-state index is 0.738. The third-order valence-corrected chi connectivity index (χ3v) is 4.10. The number of aryl methyl sites for hydroxylation is 1. The average molecular weight is 269 g/mol. The van der Waals surface area contributed by atoms with Crippen molar-refractivity contribution in [1.82, 2.24) is 4.98 Å². The van der Waals surface area contributed by atoms with Gasteiger partial charge in [0.2, 0.25) is 0 Å². The Morgan fingerprint density at radius 3 is 2.58 bits per heavy atom. The van der Waals surface area contributed by atoms with Crippen LogP contribution < -0.4 is 10.6 Å². The highest BCUT2D eigenvalue weighted by Gasteiger charge is 2.11. The summed E-state index contributed by atoms with van der Waals surface area (Å²) in [5.41, 5.74) is 13.0. The second-order valence-electron chi connectivity index (χ2n) is 4.59. The molecule has 3 aromatic rings. The summed E-state index contributed by atoms with van der Waals surface area (Å²) in [5.74, 6) is 0. The number of hydrogen-bond acceptors (Lipinski definition) is 4. The van der Waals surface area contributed by atoms with Gasteiger partial charge in [-0.3, -0.25) is 0 Å². The number of benzene rings is 2. The number of fused-ring (bicyclic) bond motifs is 1. The molecule has 0 amide bonds. The van der Waals surface area contributed by atoms with Crippen LogP contribution in [-0.4, -0.2) is 12.0 Å². The summed E-state index contributed by atoms with van der Waals surface area (Å²) in [6.45, 7) is 2.08. The van der Waals surface area contributed by atoms with Crippen molar-refractivity contribution in [2.24, 2.45) is 0 Å². The molecule has 0 unspecified atom stereocenters. The Balaban J connectivity index is 2.08. The normalized spacial score (nSPS) is 10.8. The summed E-state index contributed by atoms with van der Waals surface area (Å²) in [5, 5.41) is 0. The van der Waals surface area contributed by atoms with E-state index in [0.29, 0.717) is 0 Å². The zero-order valence-electron chi connectivity index (χ0n) is 10.9. The second kappa shape index (κ2) is 4.55. The van der Waals surface area contributed by atoms with Crippen LogP contribution in [0.15, 0.2) is 41.9 Å². The van der Waals surface area contributed by atoms with E-state index in [1.54, 1.807) is 11.3 Å². The first-order valence-electron chi connectivity index (χ1n) is 6.09. The summed E-state index contributed by atoms with van der Waals surface area (Å²) in [6.07, 6.45) is 0. The summed E-state index contributed by atoms with van der Waals surface area (Å²) < 4.78 is 1.12. The minimum absolute atomic E-state index is 0.738. The Hall–Kier alpha value is -2.07. The van der Waals surface area contributed by atoms with Gasteiger partial charge in [0.25, 0.3) is 0 Å². The first-order valence-corrected chi connectivity index (χ1v) is 6.97. The molecular weight excluding hydrogens is 254 g/mol. The maximum atomic E-state index is 6.23. The van der Waals surface area contributed by atoms with Gasteiger partial charge in [0, 0.05) is 12.7 Å². The molecule has 1 heterocycles. The van der Waals surface area contributed by atoms with E-state index in [0.717, 1.165) is 27.3 Å². The van der Waals surface area contributed by atoms with E-state index in [1.165, 1.54) is 5.56 Å². The summed E-state index contributed by atoms with van der Waals surface area (Å²) in [6, 6.07) is 12.5. The quantitative estimate of drug-likeness (QED) is 0.716. The molecule has 0 fully saturated rings. The van der Waals surface area contributed by atoms with Crippen LogP contribution in [0, 0.1) is 6.92 Å². The lowest BCUT2D eigenvalue weighted by molar-refractivity contribution is 1.21. The fraction of sp³-hybridized carbons (Fsp3) is 0.133. The van der Waals surface area contributed by atoms with Gasteiger partial charge in [-0.05, 0) is 31.2 Å². The van der Waals surface area contributed by atoms with Crippen molar-refractivity contribution in [3.05, 3.63) is 47.5 Å². The molecule has 1 aromatic heterocycles. The minimum Gasteiger partial charge on any atom is -0.395 e. The van der Waals surface area contributed by atoms with Crippen molar-refractivity contribution in [3.8, 4) is 0 Å². The predicted molar refractivity (Wildman–Crippen MR) is 83.3 cm³/mol. The number of nitrogen functional groups attached to an aromatic ring is 1. The molecule has 2 aromatic carbocycles. The van der Waals surface area contributed by atoms with Crippen LogP contribution in [0.2, 0.25) is 0 Å². The standard InChI is InChI=1S/C15H15N3S/c1-10-3-5-11(6-4-10)18(2)12-7-8-13-15(14(12)16)17-9-19-13/h3-9H,16H2,1-2H3. The van der Waals surface area contributed by atoms with Gasteiger partial charge in [0.1, 0.15) is 5.52 Å². The molecule has 0 aliphatic heterocycles. The Kier molecular flexibility index (Phi) is 2.87. The Bertz CT molecular complexity index is 716. The van der Waals surface area contributed by atoms with Crippen LogP contribution in [0.3, 0.4) is 0 Å². The van der Waals surface area contributed by atoms with Crippen LogP contribution in [-0.2, 0) is 0 Å². The molecule has 0 spiro atoms. The molecular formula is C15H15N3S. The maximum Gasteiger partial charge on any atom is 0.106 e.